The average molecular weight is 296 g/mol. The highest BCUT2D eigenvalue weighted by Crippen LogP contribution is 2.24. The van der Waals surface area contributed by atoms with Crippen molar-refractivity contribution in [2.45, 2.75) is 52.0 Å². The van der Waals surface area contributed by atoms with E-state index in [4.69, 9.17) is 11.6 Å². The highest BCUT2D eigenvalue weighted by Gasteiger charge is 2.27. The quantitative estimate of drug-likeness (QED) is 0.649. The summed E-state index contributed by atoms with van der Waals surface area (Å²) in [7, 11) is 0. The molecule has 0 bridgehead atoms. The summed E-state index contributed by atoms with van der Waals surface area (Å²) in [6.45, 7) is 6.97. The molecule has 0 aliphatic heterocycles. The van der Waals surface area contributed by atoms with E-state index in [9.17, 15) is 4.79 Å². The summed E-state index contributed by atoms with van der Waals surface area (Å²) in [5.74, 6) is 0.654. The summed E-state index contributed by atoms with van der Waals surface area (Å²) in [5, 5.41) is 0. The van der Waals surface area contributed by atoms with Gasteiger partial charge in [0.05, 0.1) is 5.92 Å². The predicted molar refractivity (Wildman–Crippen MR) is 86.3 cm³/mol. The van der Waals surface area contributed by atoms with Crippen molar-refractivity contribution in [3.63, 3.8) is 0 Å². The van der Waals surface area contributed by atoms with Gasteiger partial charge in [-0.15, -0.1) is 11.6 Å². The van der Waals surface area contributed by atoms with Crippen LogP contribution in [0.3, 0.4) is 0 Å². The maximum atomic E-state index is 12.9. The lowest BCUT2D eigenvalue weighted by molar-refractivity contribution is -0.135. The fourth-order valence-corrected chi connectivity index (χ4v) is 2.91. The van der Waals surface area contributed by atoms with E-state index in [0.29, 0.717) is 18.5 Å². The zero-order valence-electron chi connectivity index (χ0n) is 12.8. The summed E-state index contributed by atoms with van der Waals surface area (Å²) in [6, 6.07) is 10.3. The molecule has 1 unspecified atom stereocenters. The number of hydrogen-bond donors (Lipinski definition) is 0. The van der Waals surface area contributed by atoms with Crippen LogP contribution in [0.5, 0.6) is 0 Å². The first-order valence-corrected chi connectivity index (χ1v) is 8.14. The van der Waals surface area contributed by atoms with E-state index < -0.39 is 0 Å². The van der Waals surface area contributed by atoms with Gasteiger partial charge in [-0.05, 0) is 24.8 Å². The second-order valence-corrected chi connectivity index (χ2v) is 5.44. The molecule has 0 radical (unpaired) electrons. The van der Waals surface area contributed by atoms with Crippen molar-refractivity contribution in [1.82, 2.24) is 4.90 Å². The molecule has 0 saturated heterocycles. The fraction of sp³-hybridized carbons (Fsp3) is 0.588. The summed E-state index contributed by atoms with van der Waals surface area (Å²) < 4.78 is 0. The van der Waals surface area contributed by atoms with Crippen molar-refractivity contribution in [3.05, 3.63) is 35.9 Å². The van der Waals surface area contributed by atoms with E-state index in [1.807, 2.05) is 35.2 Å². The Bertz CT molecular complexity index is 389. The minimum absolute atomic E-state index is 0.0555. The number of alkyl halides is 1. The first kappa shape index (κ1) is 17.0. The molecule has 0 aromatic heterocycles. The van der Waals surface area contributed by atoms with E-state index in [2.05, 4.69) is 20.8 Å². The molecule has 2 nitrogen and oxygen atoms in total. The molecule has 0 fully saturated rings. The van der Waals surface area contributed by atoms with Crippen LogP contribution in [0.1, 0.15) is 51.5 Å². The highest BCUT2D eigenvalue weighted by molar-refractivity contribution is 6.18. The molecular formula is C17H26ClNO. The molecular weight excluding hydrogens is 270 g/mol. The zero-order valence-corrected chi connectivity index (χ0v) is 13.6. The number of amides is 1. The number of benzene rings is 1. The van der Waals surface area contributed by atoms with Gasteiger partial charge in [-0.3, -0.25) is 4.79 Å². The van der Waals surface area contributed by atoms with Gasteiger partial charge in [0.15, 0.2) is 0 Å². The Morgan fingerprint density at radius 2 is 1.70 bits per heavy atom. The van der Waals surface area contributed by atoms with Gasteiger partial charge in [-0.2, -0.15) is 0 Å². The van der Waals surface area contributed by atoms with Crippen LogP contribution in [0.15, 0.2) is 30.3 Å². The molecule has 3 heteroatoms. The van der Waals surface area contributed by atoms with Gasteiger partial charge in [-0.1, -0.05) is 51.1 Å². The molecule has 1 aromatic carbocycles. The molecule has 112 valence electrons. The van der Waals surface area contributed by atoms with Crippen LogP contribution >= 0.6 is 11.6 Å². The maximum absolute atomic E-state index is 12.9. The Hall–Kier alpha value is -1.02. The van der Waals surface area contributed by atoms with Crippen molar-refractivity contribution in [3.8, 4) is 0 Å². The van der Waals surface area contributed by atoms with Gasteiger partial charge < -0.3 is 4.90 Å². The van der Waals surface area contributed by atoms with Gasteiger partial charge in [0.25, 0.3) is 0 Å². The lowest BCUT2D eigenvalue weighted by Crippen LogP contribution is -2.43. The number of nitrogens with zero attached hydrogens (tertiary/aromatic N) is 1. The molecule has 1 aromatic rings. The van der Waals surface area contributed by atoms with Gasteiger partial charge in [-0.25, -0.2) is 0 Å². The molecule has 0 aliphatic rings. The lowest BCUT2D eigenvalue weighted by Gasteiger charge is -2.33. The molecule has 1 rings (SSSR count). The molecule has 0 spiro atoms. The van der Waals surface area contributed by atoms with E-state index in [1.165, 1.54) is 0 Å². The molecule has 20 heavy (non-hydrogen) atoms. The topological polar surface area (TPSA) is 20.3 Å². The van der Waals surface area contributed by atoms with Crippen LogP contribution in [0, 0.1) is 0 Å². The summed E-state index contributed by atoms with van der Waals surface area (Å²) in [6.07, 6.45) is 2.77. The summed E-state index contributed by atoms with van der Waals surface area (Å²) >= 11 is 5.90. The highest BCUT2D eigenvalue weighted by atomic mass is 35.5. The van der Waals surface area contributed by atoms with Crippen LogP contribution in [0.2, 0.25) is 0 Å². The number of rotatable bonds is 8. The molecule has 0 N–H and O–H groups in total. The lowest BCUT2D eigenvalue weighted by atomic mass is 9.94. The van der Waals surface area contributed by atoms with Crippen molar-refractivity contribution in [2.24, 2.45) is 0 Å². The third kappa shape index (κ3) is 4.24. The largest absolute Gasteiger partial charge is 0.338 e. The SMILES string of the molecule is CCC(C(=O)N(CCCl)C(CC)CC)c1ccccc1. The number of carbonyl (C=O) groups excluding carboxylic acids is 1. The van der Waals surface area contributed by atoms with Crippen LogP contribution in [-0.4, -0.2) is 29.3 Å². The van der Waals surface area contributed by atoms with Gasteiger partial charge in [0, 0.05) is 18.5 Å². The van der Waals surface area contributed by atoms with Gasteiger partial charge in [0.2, 0.25) is 5.91 Å². The number of carbonyl (C=O) groups is 1. The average Bonchev–Trinajstić information content (AvgIpc) is 2.49. The van der Waals surface area contributed by atoms with E-state index in [-0.39, 0.29) is 11.8 Å². The third-order valence-electron chi connectivity index (χ3n) is 3.90. The summed E-state index contributed by atoms with van der Waals surface area (Å²) in [5.41, 5.74) is 1.10. The number of halogens is 1. The molecule has 0 heterocycles. The molecule has 0 aliphatic carbocycles. The van der Waals surface area contributed by atoms with Crippen LogP contribution in [-0.2, 0) is 4.79 Å². The second-order valence-electron chi connectivity index (χ2n) is 5.06. The second kappa shape index (κ2) is 9.02. The fourth-order valence-electron chi connectivity index (χ4n) is 2.73. The third-order valence-corrected chi connectivity index (χ3v) is 4.07. The standard InChI is InChI=1S/C17H26ClNO/c1-4-15(5-2)19(13-12-18)17(20)16(6-3)14-10-8-7-9-11-14/h7-11,15-16H,4-6,12-13H2,1-3H3. The zero-order chi connectivity index (χ0) is 15.0. The minimum atomic E-state index is -0.0555. The first-order chi connectivity index (χ1) is 9.69. The molecule has 0 saturated carbocycles. The smallest absolute Gasteiger partial charge is 0.230 e. The number of hydrogen-bond acceptors (Lipinski definition) is 1. The van der Waals surface area contributed by atoms with Crippen molar-refractivity contribution in [2.75, 3.05) is 12.4 Å². The van der Waals surface area contributed by atoms with E-state index in [0.717, 1.165) is 24.8 Å². The van der Waals surface area contributed by atoms with Crippen molar-refractivity contribution < 1.29 is 4.79 Å². The maximum Gasteiger partial charge on any atom is 0.230 e. The van der Waals surface area contributed by atoms with Gasteiger partial charge >= 0.3 is 0 Å². The Morgan fingerprint density at radius 3 is 2.15 bits per heavy atom. The van der Waals surface area contributed by atoms with E-state index >= 15 is 0 Å². The van der Waals surface area contributed by atoms with Crippen LogP contribution in [0.25, 0.3) is 0 Å². The predicted octanol–water partition coefficient (Wildman–Crippen LogP) is 4.44. The van der Waals surface area contributed by atoms with Crippen molar-refractivity contribution >= 4 is 17.5 Å². The monoisotopic (exact) mass is 295 g/mol. The van der Waals surface area contributed by atoms with Gasteiger partial charge in [0.1, 0.15) is 0 Å². The normalized spacial score (nSPS) is 12.4. The Balaban J connectivity index is 2.96. The molecule has 1 amide bonds. The first-order valence-electron chi connectivity index (χ1n) is 7.60. The Labute approximate surface area is 128 Å². The minimum Gasteiger partial charge on any atom is -0.338 e. The van der Waals surface area contributed by atoms with E-state index in [1.54, 1.807) is 0 Å². The van der Waals surface area contributed by atoms with Crippen molar-refractivity contribution in [1.29, 1.82) is 0 Å². The van der Waals surface area contributed by atoms with Crippen LogP contribution in [0.4, 0.5) is 0 Å². The Morgan fingerprint density at radius 1 is 1.10 bits per heavy atom. The Kier molecular flexibility index (Phi) is 7.68. The summed E-state index contributed by atoms with van der Waals surface area (Å²) in [4.78, 5) is 14.9. The molecule has 1 atom stereocenters. The van der Waals surface area contributed by atoms with Crippen LogP contribution < -0.4 is 0 Å².